The predicted molar refractivity (Wildman–Crippen MR) is 87.5 cm³/mol. The first-order valence-electron chi connectivity index (χ1n) is 8.47. The minimum Gasteiger partial charge on any atom is -0.353 e. The third-order valence-corrected chi connectivity index (χ3v) is 4.10. The van der Waals surface area contributed by atoms with Crippen molar-refractivity contribution >= 4 is 11.8 Å². The van der Waals surface area contributed by atoms with Gasteiger partial charge in [-0.2, -0.15) is 0 Å². The lowest BCUT2D eigenvalue weighted by Crippen LogP contribution is -2.35. The first-order chi connectivity index (χ1) is 11.1. The van der Waals surface area contributed by atoms with Crippen LogP contribution in [0.3, 0.4) is 0 Å². The van der Waals surface area contributed by atoms with Crippen molar-refractivity contribution < 1.29 is 9.59 Å². The van der Waals surface area contributed by atoms with Gasteiger partial charge in [0.15, 0.2) is 0 Å². The molecule has 1 aliphatic rings. The van der Waals surface area contributed by atoms with Crippen LogP contribution in [0.25, 0.3) is 0 Å². The molecule has 0 aromatic carbocycles. The maximum atomic E-state index is 11.9. The highest BCUT2D eigenvalue weighted by atomic mass is 16.2. The van der Waals surface area contributed by atoms with E-state index in [0.717, 1.165) is 18.5 Å². The van der Waals surface area contributed by atoms with Crippen molar-refractivity contribution in [1.82, 2.24) is 20.6 Å². The van der Waals surface area contributed by atoms with Crippen LogP contribution in [0.4, 0.5) is 0 Å². The number of aryl methyl sites for hydroxylation is 1. The van der Waals surface area contributed by atoms with Crippen LogP contribution in [0.5, 0.6) is 0 Å². The highest BCUT2D eigenvalue weighted by Gasteiger charge is 2.15. The Morgan fingerprint density at radius 2 is 1.74 bits per heavy atom. The molecule has 0 saturated heterocycles. The van der Waals surface area contributed by atoms with Gasteiger partial charge < -0.3 is 10.6 Å². The van der Waals surface area contributed by atoms with E-state index in [1.807, 2.05) is 6.92 Å². The highest BCUT2D eigenvalue weighted by molar-refractivity contribution is 5.83. The lowest BCUT2D eigenvalue weighted by Gasteiger charge is -2.16. The number of hydrogen-bond acceptors (Lipinski definition) is 4. The number of carbonyl (C=O) groups is 2. The fourth-order valence-corrected chi connectivity index (χ4v) is 2.74. The van der Waals surface area contributed by atoms with Gasteiger partial charge in [-0.1, -0.05) is 25.7 Å². The van der Waals surface area contributed by atoms with E-state index in [1.165, 1.54) is 25.7 Å². The topological polar surface area (TPSA) is 84.0 Å². The molecule has 2 N–H and O–H groups in total. The minimum atomic E-state index is -0.136. The highest BCUT2D eigenvalue weighted by Crippen LogP contribution is 2.17. The zero-order valence-electron chi connectivity index (χ0n) is 13.8. The van der Waals surface area contributed by atoms with Gasteiger partial charge in [0.2, 0.25) is 11.8 Å². The first kappa shape index (κ1) is 17.4. The van der Waals surface area contributed by atoms with Gasteiger partial charge in [0.25, 0.3) is 0 Å². The largest absolute Gasteiger partial charge is 0.353 e. The molecule has 1 aromatic heterocycles. The summed E-state index contributed by atoms with van der Waals surface area (Å²) >= 11 is 0. The molecule has 0 aliphatic heterocycles. The molecule has 1 fully saturated rings. The number of hydrogen-bond donors (Lipinski definition) is 2. The summed E-state index contributed by atoms with van der Waals surface area (Å²) in [5, 5.41) is 5.82. The summed E-state index contributed by atoms with van der Waals surface area (Å²) in [6.07, 6.45) is 10.8. The molecule has 0 atom stereocenters. The number of aromatic nitrogens is 2. The number of carbonyl (C=O) groups excluding carboxylic acids is 2. The molecule has 2 amide bonds. The molecule has 126 valence electrons. The monoisotopic (exact) mass is 318 g/mol. The quantitative estimate of drug-likeness (QED) is 0.786. The summed E-state index contributed by atoms with van der Waals surface area (Å²) in [4.78, 5) is 32.0. The van der Waals surface area contributed by atoms with Gasteiger partial charge in [0.05, 0.1) is 24.1 Å². The van der Waals surface area contributed by atoms with Crippen LogP contribution in [0.15, 0.2) is 12.4 Å². The number of rotatable bonds is 6. The fraction of sp³-hybridized carbons (Fsp3) is 0.647. The van der Waals surface area contributed by atoms with Crippen LogP contribution >= 0.6 is 0 Å². The van der Waals surface area contributed by atoms with Crippen LogP contribution in [-0.4, -0.2) is 27.8 Å². The molecular formula is C17H26N4O2. The van der Waals surface area contributed by atoms with E-state index in [9.17, 15) is 9.59 Å². The summed E-state index contributed by atoms with van der Waals surface area (Å²) in [5.74, 6) is -0.162. The van der Waals surface area contributed by atoms with Crippen molar-refractivity contribution in [3.63, 3.8) is 0 Å². The van der Waals surface area contributed by atoms with Crippen molar-refractivity contribution in [3.05, 3.63) is 23.8 Å². The molecule has 6 nitrogen and oxygen atoms in total. The van der Waals surface area contributed by atoms with E-state index >= 15 is 0 Å². The van der Waals surface area contributed by atoms with E-state index in [1.54, 1.807) is 12.4 Å². The van der Waals surface area contributed by atoms with E-state index < -0.39 is 0 Å². The Labute approximate surface area is 137 Å². The lowest BCUT2D eigenvalue weighted by atomic mass is 10.1. The van der Waals surface area contributed by atoms with Crippen LogP contribution in [0.1, 0.15) is 62.8 Å². The Kier molecular flexibility index (Phi) is 6.97. The molecule has 1 saturated carbocycles. The maximum absolute atomic E-state index is 11.9. The zero-order valence-corrected chi connectivity index (χ0v) is 13.8. The second-order valence-corrected chi connectivity index (χ2v) is 6.18. The Balaban J connectivity index is 1.63. The van der Waals surface area contributed by atoms with Gasteiger partial charge in [-0.3, -0.25) is 19.6 Å². The van der Waals surface area contributed by atoms with Gasteiger partial charge in [-0.15, -0.1) is 0 Å². The third-order valence-electron chi connectivity index (χ3n) is 4.10. The standard InChI is InChI=1S/C17H26N4O2/c1-13-10-19-15(11-18-13)12-20-16(22)8-9-17(23)21-14-6-4-2-3-5-7-14/h10-11,14H,2-9,12H2,1H3,(H,20,22)(H,21,23). The smallest absolute Gasteiger partial charge is 0.220 e. The Hall–Kier alpha value is -1.98. The van der Waals surface area contributed by atoms with Crippen molar-refractivity contribution in [2.75, 3.05) is 0 Å². The van der Waals surface area contributed by atoms with Crippen molar-refractivity contribution in [1.29, 1.82) is 0 Å². The minimum absolute atomic E-state index is 0.0258. The van der Waals surface area contributed by atoms with E-state index in [-0.39, 0.29) is 30.7 Å². The van der Waals surface area contributed by atoms with Crippen molar-refractivity contribution in [3.8, 4) is 0 Å². The first-order valence-corrected chi connectivity index (χ1v) is 8.47. The van der Waals surface area contributed by atoms with Gasteiger partial charge in [-0.25, -0.2) is 0 Å². The van der Waals surface area contributed by atoms with Crippen LogP contribution in [0.2, 0.25) is 0 Å². The van der Waals surface area contributed by atoms with Crippen LogP contribution < -0.4 is 10.6 Å². The Morgan fingerprint density at radius 1 is 1.04 bits per heavy atom. The average Bonchev–Trinajstić information content (AvgIpc) is 2.81. The molecule has 23 heavy (non-hydrogen) atoms. The molecule has 0 bridgehead atoms. The Morgan fingerprint density at radius 3 is 2.39 bits per heavy atom. The predicted octanol–water partition coefficient (Wildman–Crippen LogP) is 2.02. The molecular weight excluding hydrogens is 292 g/mol. The molecule has 6 heteroatoms. The van der Waals surface area contributed by atoms with Crippen LogP contribution in [-0.2, 0) is 16.1 Å². The summed E-state index contributed by atoms with van der Waals surface area (Å²) in [6, 6.07) is 0.288. The van der Waals surface area contributed by atoms with Crippen LogP contribution in [0, 0.1) is 6.92 Å². The molecule has 1 aliphatic carbocycles. The molecule has 0 radical (unpaired) electrons. The van der Waals surface area contributed by atoms with E-state index in [0.29, 0.717) is 12.2 Å². The summed E-state index contributed by atoms with van der Waals surface area (Å²) in [5.41, 5.74) is 1.56. The van der Waals surface area contributed by atoms with E-state index in [4.69, 9.17) is 0 Å². The summed E-state index contributed by atoms with van der Waals surface area (Å²) in [7, 11) is 0. The number of nitrogens with zero attached hydrogens (tertiary/aromatic N) is 2. The molecule has 1 heterocycles. The molecule has 2 rings (SSSR count). The molecule has 1 aromatic rings. The second-order valence-electron chi connectivity index (χ2n) is 6.18. The SMILES string of the molecule is Cc1cnc(CNC(=O)CCC(=O)NC2CCCCCC2)cn1. The normalized spacial score (nSPS) is 15.7. The second kappa shape index (κ2) is 9.22. The number of nitrogens with one attached hydrogen (secondary N) is 2. The average molecular weight is 318 g/mol. The van der Waals surface area contributed by atoms with Crippen molar-refractivity contribution in [2.24, 2.45) is 0 Å². The molecule has 0 unspecified atom stereocenters. The third kappa shape index (κ3) is 6.76. The summed E-state index contributed by atoms with van der Waals surface area (Å²) < 4.78 is 0. The zero-order chi connectivity index (χ0) is 16.5. The van der Waals surface area contributed by atoms with Gasteiger partial charge >= 0.3 is 0 Å². The van der Waals surface area contributed by atoms with Gasteiger partial charge in [0, 0.05) is 25.1 Å². The fourth-order valence-electron chi connectivity index (χ4n) is 2.74. The van der Waals surface area contributed by atoms with E-state index in [2.05, 4.69) is 20.6 Å². The van der Waals surface area contributed by atoms with Gasteiger partial charge in [0.1, 0.15) is 0 Å². The van der Waals surface area contributed by atoms with Crippen molar-refractivity contribution in [2.45, 2.75) is 70.9 Å². The maximum Gasteiger partial charge on any atom is 0.220 e. The summed E-state index contributed by atoms with van der Waals surface area (Å²) in [6.45, 7) is 2.21. The number of amides is 2. The molecule has 0 spiro atoms. The lowest BCUT2D eigenvalue weighted by molar-refractivity contribution is -0.127. The van der Waals surface area contributed by atoms with Gasteiger partial charge in [-0.05, 0) is 19.8 Å². The Bertz CT molecular complexity index is 508.